The molecule has 2 N–H and O–H groups in total. The molecule has 0 bridgehead atoms. The summed E-state index contributed by atoms with van der Waals surface area (Å²) in [7, 11) is -4.57. The van der Waals surface area contributed by atoms with E-state index in [0.29, 0.717) is 0 Å². The number of fused-ring (bicyclic) bond motifs is 2. The zero-order valence-electron chi connectivity index (χ0n) is 27.1. The Kier molecular flexibility index (Phi) is 8.85. The highest BCUT2D eigenvalue weighted by atomic mass is 28.3. The van der Waals surface area contributed by atoms with Crippen LogP contribution in [-0.2, 0) is 0 Å². The molecule has 0 aliphatic rings. The molecule has 0 aromatic heterocycles. The summed E-state index contributed by atoms with van der Waals surface area (Å²) in [6.45, 7) is 22.9. The van der Waals surface area contributed by atoms with E-state index in [9.17, 15) is 10.2 Å². The van der Waals surface area contributed by atoms with E-state index in [1.807, 2.05) is 48.5 Å². The molecule has 0 radical (unpaired) electrons. The van der Waals surface area contributed by atoms with Crippen molar-refractivity contribution < 1.29 is 10.2 Å². The van der Waals surface area contributed by atoms with Gasteiger partial charge in [0.2, 0.25) is 0 Å². The molecule has 0 spiro atoms. The van der Waals surface area contributed by atoms with E-state index in [-0.39, 0.29) is 10.1 Å². The number of hydrogen-bond acceptors (Lipinski definition) is 2. The van der Waals surface area contributed by atoms with Crippen LogP contribution in [0.4, 0.5) is 0 Å². The molecule has 220 valence electrons. The van der Waals surface area contributed by atoms with Gasteiger partial charge in [0.15, 0.2) is 0 Å². The van der Waals surface area contributed by atoms with Crippen LogP contribution in [0.1, 0.15) is 64.9 Å². The first-order valence-electron chi connectivity index (χ1n) is 15.1. The second kappa shape index (κ2) is 11.6. The van der Waals surface area contributed by atoms with Gasteiger partial charge in [0, 0.05) is 0 Å². The molecule has 4 aromatic carbocycles. The minimum Gasteiger partial charge on any atom is -0.384 e. The van der Waals surface area contributed by atoms with Crippen molar-refractivity contribution in [1.82, 2.24) is 0 Å². The van der Waals surface area contributed by atoms with Crippen LogP contribution in [0.5, 0.6) is 0 Å². The van der Waals surface area contributed by atoms with Crippen molar-refractivity contribution in [2.24, 2.45) is 0 Å². The third-order valence-electron chi connectivity index (χ3n) is 10.2. The van der Waals surface area contributed by atoms with Crippen molar-refractivity contribution in [3.63, 3.8) is 0 Å². The van der Waals surface area contributed by atoms with Crippen LogP contribution >= 0.6 is 0 Å². The lowest BCUT2D eigenvalue weighted by atomic mass is 10.00. The number of aliphatic hydroxyl groups is 2. The van der Waals surface area contributed by atoms with Gasteiger partial charge >= 0.3 is 0 Å². The molecule has 2 unspecified atom stereocenters. The highest BCUT2D eigenvalue weighted by Gasteiger charge is 2.44. The topological polar surface area (TPSA) is 40.5 Å². The lowest BCUT2D eigenvalue weighted by Gasteiger charge is -2.40. The Balaban J connectivity index is 2.10. The van der Waals surface area contributed by atoms with E-state index in [4.69, 9.17) is 0 Å². The van der Waals surface area contributed by atoms with E-state index in [1.165, 1.54) is 0 Å². The molecular formula is C38H48O2Si2. The Bertz CT molecular complexity index is 1560. The number of rotatable bonds is 6. The maximum Gasteiger partial charge on any atom is 0.105 e. The van der Waals surface area contributed by atoms with Gasteiger partial charge in [0.25, 0.3) is 0 Å². The summed E-state index contributed by atoms with van der Waals surface area (Å²) < 4.78 is 0. The maximum absolute atomic E-state index is 12.2. The molecule has 4 heteroatoms. The van der Waals surface area contributed by atoms with Crippen LogP contribution in [0.2, 0.25) is 36.3 Å². The fourth-order valence-electron chi connectivity index (χ4n) is 5.36. The van der Waals surface area contributed by atoms with Gasteiger partial charge in [0.1, 0.15) is 12.2 Å². The largest absolute Gasteiger partial charge is 0.384 e. The predicted octanol–water partition coefficient (Wildman–Crippen LogP) is 10.5. The van der Waals surface area contributed by atoms with Crippen molar-refractivity contribution in [2.75, 3.05) is 0 Å². The van der Waals surface area contributed by atoms with Crippen LogP contribution < -0.4 is 0 Å². The van der Waals surface area contributed by atoms with Gasteiger partial charge in [-0.25, -0.2) is 0 Å². The predicted molar refractivity (Wildman–Crippen MR) is 186 cm³/mol. The SMILES string of the molecule is CC(C)(C)[Si](C)(C)C(=C=C=C(C(O)c1cccc2ccccc12)[Si](C)(C)C(C)(C)C)C(O)c1cccc2ccccc12. The summed E-state index contributed by atoms with van der Waals surface area (Å²) in [4.78, 5) is 0. The Morgan fingerprint density at radius 2 is 0.833 bits per heavy atom. The molecule has 42 heavy (non-hydrogen) atoms. The van der Waals surface area contributed by atoms with Crippen LogP contribution in [0.15, 0.2) is 107 Å². The van der Waals surface area contributed by atoms with Crippen molar-refractivity contribution in [1.29, 1.82) is 0 Å². The number of benzene rings is 4. The maximum atomic E-state index is 12.2. The van der Waals surface area contributed by atoms with E-state index in [0.717, 1.165) is 43.1 Å². The first kappa shape index (κ1) is 32.0. The molecule has 2 nitrogen and oxygen atoms in total. The van der Waals surface area contributed by atoms with Gasteiger partial charge in [0.05, 0.1) is 16.1 Å². The quantitative estimate of drug-likeness (QED) is 0.173. The van der Waals surface area contributed by atoms with Gasteiger partial charge in [-0.05, 0) is 53.1 Å². The van der Waals surface area contributed by atoms with Gasteiger partial charge in [-0.3, -0.25) is 0 Å². The van der Waals surface area contributed by atoms with Gasteiger partial charge in [-0.1, -0.05) is 164 Å². The Morgan fingerprint density at radius 1 is 0.524 bits per heavy atom. The first-order chi connectivity index (χ1) is 19.5. The van der Waals surface area contributed by atoms with E-state index < -0.39 is 28.4 Å². The smallest absolute Gasteiger partial charge is 0.105 e. The van der Waals surface area contributed by atoms with Gasteiger partial charge in [-0.15, -0.1) is 0 Å². The van der Waals surface area contributed by atoms with Crippen molar-refractivity contribution in [3.05, 3.63) is 118 Å². The monoisotopic (exact) mass is 592 g/mol. The molecule has 0 heterocycles. The van der Waals surface area contributed by atoms with Crippen LogP contribution in [0.3, 0.4) is 0 Å². The fraction of sp³-hybridized carbons (Fsp3) is 0.368. The molecule has 4 rings (SSSR count). The third kappa shape index (κ3) is 5.94. The van der Waals surface area contributed by atoms with Gasteiger partial charge < -0.3 is 10.2 Å². The minimum absolute atomic E-state index is 0.0338. The average molecular weight is 593 g/mol. The number of hydrogen-bond donors (Lipinski definition) is 2. The summed E-state index contributed by atoms with van der Waals surface area (Å²) in [6, 6.07) is 28.8. The molecule has 0 fully saturated rings. The summed E-state index contributed by atoms with van der Waals surface area (Å²) >= 11 is 0. The molecular weight excluding hydrogens is 545 g/mol. The van der Waals surface area contributed by atoms with Crippen LogP contribution in [0.25, 0.3) is 21.5 Å². The summed E-state index contributed by atoms with van der Waals surface area (Å²) in [5.74, 6) is 0. The molecule has 0 aliphatic heterocycles. The lowest BCUT2D eigenvalue weighted by Crippen LogP contribution is -2.42. The Morgan fingerprint density at radius 3 is 1.17 bits per heavy atom. The highest BCUT2D eigenvalue weighted by molar-refractivity contribution is 6.87. The van der Waals surface area contributed by atoms with Crippen LogP contribution in [0, 0.1) is 0 Å². The molecule has 4 aromatic rings. The normalized spacial score (nSPS) is 14.3. The summed E-state index contributed by atoms with van der Waals surface area (Å²) in [5.41, 5.74) is 9.03. The molecule has 0 amide bonds. The zero-order chi connectivity index (χ0) is 31.1. The average Bonchev–Trinajstić information content (AvgIpc) is 2.92. The van der Waals surface area contributed by atoms with Crippen LogP contribution in [-0.4, -0.2) is 26.4 Å². The fourth-order valence-corrected chi connectivity index (χ4v) is 9.41. The van der Waals surface area contributed by atoms with E-state index in [1.54, 1.807) is 0 Å². The molecule has 0 saturated carbocycles. The minimum atomic E-state index is -2.28. The number of aliphatic hydroxyl groups excluding tert-OH is 2. The van der Waals surface area contributed by atoms with Crippen molar-refractivity contribution in [3.8, 4) is 0 Å². The first-order valence-corrected chi connectivity index (χ1v) is 21.1. The second-order valence-corrected chi connectivity index (χ2v) is 25.3. The van der Waals surface area contributed by atoms with Crippen molar-refractivity contribution in [2.45, 2.75) is 90.0 Å². The molecule has 2 atom stereocenters. The second-order valence-electron chi connectivity index (χ2n) is 14.8. The Labute approximate surface area is 255 Å². The van der Waals surface area contributed by atoms with E-state index in [2.05, 4.69) is 116 Å². The zero-order valence-corrected chi connectivity index (χ0v) is 29.1. The van der Waals surface area contributed by atoms with Gasteiger partial charge in [-0.2, -0.15) is 0 Å². The summed E-state index contributed by atoms with van der Waals surface area (Å²) in [6.07, 6.45) is -1.64. The Hall–Kier alpha value is -2.95. The highest BCUT2D eigenvalue weighted by Crippen LogP contribution is 2.47. The van der Waals surface area contributed by atoms with E-state index >= 15 is 0 Å². The molecule has 0 aliphatic carbocycles. The standard InChI is InChI=1S/C38H48O2Si2/c1-37(2,3)41(7,8)33(35(39)31-23-15-19-27-17-11-13-21-29(27)31)25-26-34(42(9,10)38(4,5)6)36(40)32-24-16-20-28-18-12-14-22-30(28)32/h11-24,35-36,39-40H,1-10H3. The third-order valence-corrected chi connectivity index (χ3v) is 21.2. The lowest BCUT2D eigenvalue weighted by molar-refractivity contribution is 0.222. The van der Waals surface area contributed by atoms with Crippen molar-refractivity contribution >= 4 is 37.7 Å². The summed E-state index contributed by atoms with van der Waals surface area (Å²) in [5, 5.41) is 30.4. The molecule has 0 saturated heterocycles.